The molecule has 2 heterocycles. The molecule has 1 saturated heterocycles. The van der Waals surface area contributed by atoms with E-state index in [0.717, 1.165) is 79.8 Å². The van der Waals surface area contributed by atoms with E-state index in [1.807, 2.05) is 41.3 Å². The topological polar surface area (TPSA) is 57.7 Å². The second-order valence-corrected chi connectivity index (χ2v) is 9.07. The van der Waals surface area contributed by atoms with Crippen molar-refractivity contribution in [1.82, 2.24) is 15.2 Å². The van der Waals surface area contributed by atoms with E-state index in [9.17, 15) is 4.79 Å². The molecule has 0 atom stereocenters. The molecule has 1 fully saturated rings. The second-order valence-electron chi connectivity index (χ2n) is 8.23. The minimum atomic E-state index is 0.118. The molecule has 0 bridgehead atoms. The van der Waals surface area contributed by atoms with Gasteiger partial charge in [0, 0.05) is 55.8 Å². The van der Waals surface area contributed by atoms with E-state index >= 15 is 0 Å². The standard InChI is InChI=1S/C26H32N4O2S/c1-3-4-15-30(26-28-23(19-33-26)22-7-5-6-8-24(22)32-2)18-20-9-11-21(12-10-20)25(31)29-16-13-27-14-17-29/h5-12,19,27H,3-4,13-18H2,1-2H3. The van der Waals surface area contributed by atoms with Crippen molar-refractivity contribution in [2.24, 2.45) is 0 Å². The van der Waals surface area contributed by atoms with E-state index in [4.69, 9.17) is 9.72 Å². The summed E-state index contributed by atoms with van der Waals surface area (Å²) in [4.78, 5) is 22.0. The van der Waals surface area contributed by atoms with Gasteiger partial charge in [0.2, 0.25) is 0 Å². The second kappa shape index (κ2) is 11.3. The van der Waals surface area contributed by atoms with Crippen LogP contribution in [0.15, 0.2) is 53.9 Å². The summed E-state index contributed by atoms with van der Waals surface area (Å²) in [6, 6.07) is 16.1. The molecule has 0 aliphatic carbocycles. The highest BCUT2D eigenvalue weighted by Gasteiger charge is 2.18. The molecule has 0 unspecified atom stereocenters. The number of carbonyl (C=O) groups is 1. The van der Waals surface area contributed by atoms with Gasteiger partial charge in [-0.2, -0.15) is 0 Å². The number of amides is 1. The lowest BCUT2D eigenvalue weighted by molar-refractivity contribution is 0.0736. The van der Waals surface area contributed by atoms with Crippen molar-refractivity contribution < 1.29 is 9.53 Å². The van der Waals surface area contributed by atoms with E-state index in [2.05, 4.69) is 34.7 Å². The normalized spacial score (nSPS) is 13.7. The Kier molecular flexibility index (Phi) is 7.96. The number of hydrogen-bond acceptors (Lipinski definition) is 6. The summed E-state index contributed by atoms with van der Waals surface area (Å²) in [6.07, 6.45) is 2.22. The Labute approximate surface area is 200 Å². The van der Waals surface area contributed by atoms with Gasteiger partial charge in [0.25, 0.3) is 5.91 Å². The number of rotatable bonds is 9. The third kappa shape index (κ3) is 5.72. The van der Waals surface area contributed by atoms with E-state index in [1.54, 1.807) is 18.4 Å². The number of nitrogens with zero attached hydrogens (tertiary/aromatic N) is 3. The van der Waals surface area contributed by atoms with E-state index in [0.29, 0.717) is 0 Å². The number of unbranched alkanes of at least 4 members (excludes halogenated alkanes) is 1. The van der Waals surface area contributed by atoms with Crippen molar-refractivity contribution in [3.05, 3.63) is 65.0 Å². The van der Waals surface area contributed by atoms with Gasteiger partial charge in [-0.3, -0.25) is 4.79 Å². The number of anilines is 1. The van der Waals surface area contributed by atoms with Crippen molar-refractivity contribution in [2.45, 2.75) is 26.3 Å². The molecule has 1 amide bonds. The molecule has 4 rings (SSSR count). The van der Waals surface area contributed by atoms with Crippen LogP contribution in [0.1, 0.15) is 35.7 Å². The van der Waals surface area contributed by atoms with Crippen LogP contribution in [-0.2, 0) is 6.54 Å². The monoisotopic (exact) mass is 464 g/mol. The molecule has 174 valence electrons. The Bertz CT molecular complexity index is 1040. The molecular formula is C26H32N4O2S. The Balaban J connectivity index is 1.49. The predicted octanol–water partition coefficient (Wildman–Crippen LogP) is 4.67. The molecule has 1 N–H and O–H groups in total. The molecule has 0 radical (unpaired) electrons. The molecular weight excluding hydrogens is 432 g/mol. The van der Waals surface area contributed by atoms with Crippen LogP contribution in [0.2, 0.25) is 0 Å². The van der Waals surface area contributed by atoms with Crippen LogP contribution in [0.4, 0.5) is 5.13 Å². The van der Waals surface area contributed by atoms with Crippen LogP contribution in [0, 0.1) is 0 Å². The zero-order valence-corrected chi connectivity index (χ0v) is 20.2. The first-order chi connectivity index (χ1) is 16.2. The summed E-state index contributed by atoms with van der Waals surface area (Å²) in [6.45, 7) is 7.17. The number of thiazole rings is 1. The lowest BCUT2D eigenvalue weighted by Gasteiger charge is -2.27. The third-order valence-electron chi connectivity index (χ3n) is 5.91. The van der Waals surface area contributed by atoms with Gasteiger partial charge in [0.15, 0.2) is 5.13 Å². The van der Waals surface area contributed by atoms with Gasteiger partial charge in [0.05, 0.1) is 12.8 Å². The van der Waals surface area contributed by atoms with Crippen LogP contribution in [-0.4, -0.2) is 55.6 Å². The number of piperazine rings is 1. The first-order valence-corrected chi connectivity index (χ1v) is 12.5. The number of hydrogen-bond donors (Lipinski definition) is 1. The maximum Gasteiger partial charge on any atom is 0.253 e. The maximum atomic E-state index is 12.8. The van der Waals surface area contributed by atoms with Gasteiger partial charge in [-0.1, -0.05) is 37.6 Å². The minimum absolute atomic E-state index is 0.118. The van der Waals surface area contributed by atoms with Crippen LogP contribution in [0.25, 0.3) is 11.3 Å². The summed E-state index contributed by atoms with van der Waals surface area (Å²) in [5, 5.41) is 6.39. The van der Waals surface area contributed by atoms with Crippen molar-refractivity contribution in [3.63, 3.8) is 0 Å². The Morgan fingerprint density at radius 3 is 2.64 bits per heavy atom. The summed E-state index contributed by atoms with van der Waals surface area (Å²) >= 11 is 1.66. The molecule has 1 aromatic heterocycles. The van der Waals surface area contributed by atoms with Gasteiger partial charge in [-0.25, -0.2) is 4.98 Å². The quantitative estimate of drug-likeness (QED) is 0.499. The van der Waals surface area contributed by atoms with Crippen LogP contribution in [0.3, 0.4) is 0 Å². The molecule has 0 saturated carbocycles. The van der Waals surface area contributed by atoms with E-state index in [-0.39, 0.29) is 5.91 Å². The fourth-order valence-electron chi connectivity index (χ4n) is 4.00. The fraction of sp³-hybridized carbons (Fsp3) is 0.385. The molecule has 2 aromatic carbocycles. The molecule has 3 aromatic rings. The molecule has 33 heavy (non-hydrogen) atoms. The largest absolute Gasteiger partial charge is 0.496 e. The lowest BCUT2D eigenvalue weighted by atomic mass is 10.1. The Hall–Kier alpha value is -2.90. The summed E-state index contributed by atoms with van der Waals surface area (Å²) in [7, 11) is 1.69. The van der Waals surface area contributed by atoms with Gasteiger partial charge < -0.3 is 19.9 Å². The van der Waals surface area contributed by atoms with Gasteiger partial charge in [0.1, 0.15) is 5.75 Å². The molecule has 7 heteroatoms. The summed E-state index contributed by atoms with van der Waals surface area (Å²) in [5.41, 5.74) is 3.88. The molecule has 0 spiro atoms. The first-order valence-electron chi connectivity index (χ1n) is 11.6. The van der Waals surface area contributed by atoms with Crippen LogP contribution in [0.5, 0.6) is 5.75 Å². The van der Waals surface area contributed by atoms with Crippen molar-refractivity contribution in [2.75, 3.05) is 44.7 Å². The Morgan fingerprint density at radius 1 is 1.15 bits per heavy atom. The van der Waals surface area contributed by atoms with Crippen molar-refractivity contribution >= 4 is 22.4 Å². The van der Waals surface area contributed by atoms with Crippen LogP contribution < -0.4 is 15.0 Å². The van der Waals surface area contributed by atoms with Gasteiger partial charge in [-0.15, -0.1) is 11.3 Å². The van der Waals surface area contributed by atoms with E-state index < -0.39 is 0 Å². The zero-order chi connectivity index (χ0) is 23.0. The van der Waals surface area contributed by atoms with E-state index in [1.165, 1.54) is 5.56 Å². The van der Waals surface area contributed by atoms with Gasteiger partial charge in [-0.05, 0) is 36.2 Å². The number of methoxy groups -OCH3 is 1. The summed E-state index contributed by atoms with van der Waals surface area (Å²) in [5.74, 6) is 0.950. The molecule has 1 aliphatic heterocycles. The number of para-hydroxylation sites is 1. The average molecular weight is 465 g/mol. The van der Waals surface area contributed by atoms with Gasteiger partial charge >= 0.3 is 0 Å². The SMILES string of the molecule is CCCCN(Cc1ccc(C(=O)N2CCNCC2)cc1)c1nc(-c2ccccc2OC)cs1. The highest BCUT2D eigenvalue weighted by Crippen LogP contribution is 2.33. The zero-order valence-electron chi connectivity index (χ0n) is 19.4. The maximum absolute atomic E-state index is 12.8. The smallest absolute Gasteiger partial charge is 0.253 e. The van der Waals surface area contributed by atoms with Crippen molar-refractivity contribution in [3.8, 4) is 17.0 Å². The molecule has 1 aliphatic rings. The lowest BCUT2D eigenvalue weighted by Crippen LogP contribution is -2.46. The number of carbonyl (C=O) groups excluding carboxylic acids is 1. The van der Waals surface area contributed by atoms with Crippen LogP contribution >= 0.6 is 11.3 Å². The Morgan fingerprint density at radius 2 is 1.91 bits per heavy atom. The fourth-order valence-corrected chi connectivity index (χ4v) is 4.86. The number of ether oxygens (including phenoxy) is 1. The summed E-state index contributed by atoms with van der Waals surface area (Å²) < 4.78 is 5.52. The number of nitrogens with one attached hydrogen (secondary N) is 1. The highest BCUT2D eigenvalue weighted by atomic mass is 32.1. The van der Waals surface area contributed by atoms with Crippen molar-refractivity contribution in [1.29, 1.82) is 0 Å². The molecule has 6 nitrogen and oxygen atoms in total. The number of aromatic nitrogens is 1. The number of benzene rings is 2. The predicted molar refractivity (Wildman–Crippen MR) is 135 cm³/mol. The minimum Gasteiger partial charge on any atom is -0.496 e. The highest BCUT2D eigenvalue weighted by molar-refractivity contribution is 7.14. The third-order valence-corrected chi connectivity index (χ3v) is 6.81. The first kappa shape index (κ1) is 23.3. The average Bonchev–Trinajstić information content (AvgIpc) is 3.37.